The van der Waals surface area contributed by atoms with Crippen molar-refractivity contribution in [2.75, 3.05) is 13.7 Å². The number of tetrazole rings is 1. The number of carbonyl (C=O) groups is 1. The lowest BCUT2D eigenvalue weighted by molar-refractivity contribution is -0.148. The number of nitrogens with two attached hydrogens (primary N) is 3. The minimum atomic E-state index is -1.55. The maximum absolute atomic E-state index is 13.1. The first-order valence-corrected chi connectivity index (χ1v) is 13.8. The summed E-state index contributed by atoms with van der Waals surface area (Å²) in [5, 5.41) is 14.6. The van der Waals surface area contributed by atoms with Crippen LogP contribution in [-0.2, 0) is 28.0 Å². The number of hydrogen-bond acceptors (Lipinski definition) is 8. The molecular formula is C28H35ClN10O2. The van der Waals surface area contributed by atoms with Crippen LogP contribution < -0.4 is 17.2 Å². The second-order valence-electron chi connectivity index (χ2n) is 9.71. The van der Waals surface area contributed by atoms with Crippen LogP contribution in [0, 0.1) is 0 Å². The highest BCUT2D eigenvalue weighted by atomic mass is 35.5. The molecule has 0 saturated carbocycles. The number of esters is 1. The summed E-state index contributed by atoms with van der Waals surface area (Å²) in [6.45, 7) is 2.82. The van der Waals surface area contributed by atoms with E-state index in [1.165, 1.54) is 7.11 Å². The lowest BCUT2D eigenvalue weighted by Gasteiger charge is -2.28. The first kappa shape index (κ1) is 29.7. The number of methoxy groups -OCH3 is 1. The molecule has 0 aliphatic rings. The first-order chi connectivity index (χ1) is 19.8. The second kappa shape index (κ2) is 13.4. The van der Waals surface area contributed by atoms with Crippen LogP contribution in [0.25, 0.3) is 22.5 Å². The standard InChI is InChI=1S/C28H35ClN10O2/c1-3-4-10-22-34-24(29)23(28(32,26(40)41-2)15-7-16-33-27(30)31)39(22)17-18-11-13-19(14-12-18)20-8-5-6-9-21(20)25-35-37-38-36-25/h5-6,8-9,11-14H,3-4,7,10,15-17,32H2,1-2H3,(H4,30,31,33)(H,35,36,37,38)/t28-/m0/s1. The van der Waals surface area contributed by atoms with Crippen molar-refractivity contribution < 1.29 is 9.53 Å². The normalized spacial score (nSPS) is 12.6. The molecule has 0 bridgehead atoms. The molecule has 0 aliphatic heterocycles. The summed E-state index contributed by atoms with van der Waals surface area (Å²) >= 11 is 6.71. The molecule has 0 amide bonds. The van der Waals surface area contributed by atoms with E-state index in [1.54, 1.807) is 0 Å². The number of ether oxygens (including phenoxy) is 1. The molecule has 2 aromatic carbocycles. The Morgan fingerprint density at radius 2 is 1.85 bits per heavy atom. The van der Waals surface area contributed by atoms with Crippen molar-refractivity contribution in [3.05, 3.63) is 70.8 Å². The highest BCUT2D eigenvalue weighted by molar-refractivity contribution is 6.30. The predicted octanol–water partition coefficient (Wildman–Crippen LogP) is 3.16. The van der Waals surface area contributed by atoms with Crippen molar-refractivity contribution in [1.82, 2.24) is 30.2 Å². The number of aliphatic imine (C=N–C) groups is 1. The van der Waals surface area contributed by atoms with Gasteiger partial charge in [0.05, 0.1) is 12.8 Å². The van der Waals surface area contributed by atoms with Gasteiger partial charge in [0.1, 0.15) is 5.82 Å². The fraction of sp³-hybridized carbons (Fsp3) is 0.357. The molecular weight excluding hydrogens is 544 g/mol. The lowest BCUT2D eigenvalue weighted by atomic mass is 9.90. The van der Waals surface area contributed by atoms with Crippen LogP contribution in [0.3, 0.4) is 0 Å². The van der Waals surface area contributed by atoms with Gasteiger partial charge in [0.2, 0.25) is 5.82 Å². The fourth-order valence-corrected chi connectivity index (χ4v) is 5.20. The fourth-order valence-electron chi connectivity index (χ4n) is 4.83. The number of aromatic amines is 1. The maximum Gasteiger partial charge on any atom is 0.332 e. The van der Waals surface area contributed by atoms with Crippen molar-refractivity contribution in [3.63, 3.8) is 0 Å². The molecule has 0 saturated heterocycles. The van der Waals surface area contributed by atoms with Crippen LogP contribution in [-0.4, -0.2) is 55.8 Å². The lowest BCUT2D eigenvalue weighted by Crippen LogP contribution is -2.48. The number of H-pyrrole nitrogens is 1. The average molecular weight is 579 g/mol. The summed E-state index contributed by atoms with van der Waals surface area (Å²) in [5.74, 6) is 0.630. The minimum Gasteiger partial charge on any atom is -0.467 e. The number of nitrogens with zero attached hydrogens (tertiary/aromatic N) is 6. The molecule has 0 fully saturated rings. The van der Waals surface area contributed by atoms with E-state index in [4.69, 9.17) is 33.5 Å². The van der Waals surface area contributed by atoms with Crippen molar-refractivity contribution in [2.24, 2.45) is 22.2 Å². The monoisotopic (exact) mass is 578 g/mol. The molecule has 216 valence electrons. The zero-order valence-corrected chi connectivity index (χ0v) is 23.9. The molecule has 2 aromatic heterocycles. The Hall–Kier alpha value is -4.29. The molecule has 7 N–H and O–H groups in total. The van der Waals surface area contributed by atoms with E-state index in [-0.39, 0.29) is 17.5 Å². The van der Waals surface area contributed by atoms with Crippen LogP contribution in [0.2, 0.25) is 5.15 Å². The highest BCUT2D eigenvalue weighted by Gasteiger charge is 2.42. The maximum atomic E-state index is 13.1. The predicted molar refractivity (Wildman–Crippen MR) is 158 cm³/mol. The van der Waals surface area contributed by atoms with Gasteiger partial charge >= 0.3 is 5.97 Å². The molecule has 0 spiro atoms. The van der Waals surface area contributed by atoms with Gasteiger partial charge < -0.3 is 26.5 Å². The summed E-state index contributed by atoms with van der Waals surface area (Å²) in [5.41, 5.74) is 20.4. The second-order valence-corrected chi connectivity index (χ2v) is 10.1. The largest absolute Gasteiger partial charge is 0.467 e. The number of guanidine groups is 1. The third-order valence-electron chi connectivity index (χ3n) is 6.87. The van der Waals surface area contributed by atoms with Crippen molar-refractivity contribution in [2.45, 2.75) is 51.1 Å². The molecule has 0 aliphatic carbocycles. The molecule has 12 nitrogen and oxygen atoms in total. The topological polar surface area (TPSA) is 189 Å². The SMILES string of the molecule is CCCCc1nc(Cl)c([C@@](N)(CCCN=C(N)N)C(=O)OC)n1Cc1ccc(-c2ccccc2-c2nn[nH]n2)cc1. The molecule has 41 heavy (non-hydrogen) atoms. The van der Waals surface area contributed by atoms with E-state index in [0.29, 0.717) is 37.4 Å². The van der Waals surface area contributed by atoms with E-state index in [1.807, 2.05) is 53.1 Å². The molecule has 2 heterocycles. The molecule has 13 heteroatoms. The van der Waals surface area contributed by atoms with Gasteiger partial charge in [0, 0.05) is 25.1 Å². The third-order valence-corrected chi connectivity index (χ3v) is 7.14. The van der Waals surface area contributed by atoms with Crippen LogP contribution in [0.1, 0.15) is 49.7 Å². The number of carbonyl (C=O) groups excluding carboxylic acids is 1. The number of hydrogen-bond donors (Lipinski definition) is 4. The summed E-state index contributed by atoms with van der Waals surface area (Å²) in [6, 6.07) is 16.0. The van der Waals surface area contributed by atoms with Crippen molar-refractivity contribution in [1.29, 1.82) is 0 Å². The average Bonchev–Trinajstić information content (AvgIpc) is 3.62. The van der Waals surface area contributed by atoms with Gasteiger partial charge in [0.15, 0.2) is 16.7 Å². The summed E-state index contributed by atoms with van der Waals surface area (Å²) < 4.78 is 7.08. The van der Waals surface area contributed by atoms with Crippen LogP contribution in [0.15, 0.2) is 53.5 Å². The van der Waals surface area contributed by atoms with Crippen LogP contribution >= 0.6 is 11.6 Å². The number of halogens is 1. The first-order valence-electron chi connectivity index (χ1n) is 13.4. The zero-order valence-electron chi connectivity index (χ0n) is 23.2. The molecule has 0 radical (unpaired) electrons. The molecule has 4 rings (SSSR count). The number of aromatic nitrogens is 6. The Morgan fingerprint density at radius 1 is 1.12 bits per heavy atom. The highest BCUT2D eigenvalue weighted by Crippen LogP contribution is 2.34. The molecule has 4 aromatic rings. The third kappa shape index (κ3) is 6.72. The number of rotatable bonds is 13. The Kier molecular flexibility index (Phi) is 9.69. The smallest absolute Gasteiger partial charge is 0.332 e. The van der Waals surface area contributed by atoms with Crippen LogP contribution in [0.5, 0.6) is 0 Å². The molecule has 1 atom stereocenters. The van der Waals surface area contributed by atoms with Gasteiger partial charge in [-0.25, -0.2) is 9.78 Å². The minimum absolute atomic E-state index is 0.0287. The van der Waals surface area contributed by atoms with Gasteiger partial charge in [-0.1, -0.05) is 73.5 Å². The number of benzene rings is 2. The van der Waals surface area contributed by atoms with Crippen LogP contribution in [0.4, 0.5) is 0 Å². The van der Waals surface area contributed by atoms with Gasteiger partial charge in [-0.15, -0.1) is 10.2 Å². The number of nitrogens with one attached hydrogen (secondary N) is 1. The van der Waals surface area contributed by atoms with E-state index in [0.717, 1.165) is 40.9 Å². The Labute approximate surface area is 243 Å². The zero-order chi connectivity index (χ0) is 29.4. The Balaban J connectivity index is 1.70. The van der Waals surface area contributed by atoms with Gasteiger partial charge in [-0.2, -0.15) is 5.21 Å². The van der Waals surface area contributed by atoms with Gasteiger partial charge in [-0.05, 0) is 41.2 Å². The molecule has 0 unspecified atom stereocenters. The number of imidazole rings is 1. The van der Waals surface area contributed by atoms with Crippen molar-refractivity contribution in [3.8, 4) is 22.5 Å². The van der Waals surface area contributed by atoms with Gasteiger partial charge in [0.25, 0.3) is 0 Å². The van der Waals surface area contributed by atoms with Crippen molar-refractivity contribution >= 4 is 23.5 Å². The quantitative estimate of drug-likeness (QED) is 0.0798. The van der Waals surface area contributed by atoms with E-state index in [2.05, 4.69) is 37.5 Å². The summed E-state index contributed by atoms with van der Waals surface area (Å²) in [6.07, 6.45) is 3.19. The number of aryl methyl sites for hydroxylation is 1. The summed E-state index contributed by atoms with van der Waals surface area (Å²) in [7, 11) is 1.30. The summed E-state index contributed by atoms with van der Waals surface area (Å²) in [4.78, 5) is 21.8. The Morgan fingerprint density at radius 3 is 2.49 bits per heavy atom. The Bertz CT molecular complexity index is 1480. The van der Waals surface area contributed by atoms with Gasteiger partial charge in [-0.3, -0.25) is 4.99 Å². The number of unbranched alkanes of at least 4 members (excludes halogenated alkanes) is 1. The van der Waals surface area contributed by atoms with E-state index >= 15 is 0 Å². The van der Waals surface area contributed by atoms with E-state index in [9.17, 15) is 4.79 Å². The van der Waals surface area contributed by atoms with E-state index < -0.39 is 11.5 Å².